The monoisotopic (exact) mass is 256 g/mol. The lowest BCUT2D eigenvalue weighted by atomic mass is 10.2. The molecule has 0 saturated carbocycles. The van der Waals surface area contributed by atoms with Crippen molar-refractivity contribution in [1.82, 2.24) is 0 Å². The van der Waals surface area contributed by atoms with E-state index < -0.39 is 0 Å². The molecule has 0 radical (unpaired) electrons. The van der Waals surface area contributed by atoms with Gasteiger partial charge in [0.15, 0.2) is 6.29 Å². The molecule has 2 rings (SSSR count). The van der Waals surface area contributed by atoms with Crippen molar-refractivity contribution < 1.29 is 14.3 Å². The Labute approximate surface area is 112 Å². The van der Waals surface area contributed by atoms with Crippen LogP contribution in [0.2, 0.25) is 0 Å². The van der Waals surface area contributed by atoms with Crippen LogP contribution in [0.1, 0.15) is 23.7 Å². The number of para-hydroxylation sites is 1. The average Bonchev–Trinajstić information content (AvgIpc) is 2.46. The van der Waals surface area contributed by atoms with Gasteiger partial charge in [-0.05, 0) is 30.7 Å². The fraction of sp³-hybridized carbons (Fsp3) is 0.188. The average molecular weight is 256 g/mol. The molecular formula is C16H16O3. The molecule has 0 saturated heterocycles. The molecule has 0 aliphatic rings. The molecule has 0 aliphatic heterocycles. The van der Waals surface area contributed by atoms with Crippen molar-refractivity contribution in [2.24, 2.45) is 0 Å². The van der Waals surface area contributed by atoms with E-state index in [0.29, 0.717) is 29.4 Å². The molecule has 0 heterocycles. The molecule has 0 bridgehead atoms. The van der Waals surface area contributed by atoms with Crippen LogP contribution in [0.4, 0.5) is 0 Å². The number of ether oxygens (including phenoxy) is 2. The molecule has 98 valence electrons. The SMILES string of the molecule is CCCOc1ccc(C=O)c(Oc2ccccc2)c1. The van der Waals surface area contributed by atoms with Gasteiger partial charge in [0.1, 0.15) is 17.2 Å². The van der Waals surface area contributed by atoms with E-state index in [2.05, 4.69) is 0 Å². The maximum Gasteiger partial charge on any atom is 0.153 e. The van der Waals surface area contributed by atoms with Crippen molar-refractivity contribution in [2.45, 2.75) is 13.3 Å². The van der Waals surface area contributed by atoms with Crippen LogP contribution in [-0.2, 0) is 0 Å². The second kappa shape index (κ2) is 6.59. The third-order valence-corrected chi connectivity index (χ3v) is 2.56. The fourth-order valence-electron chi connectivity index (χ4n) is 1.63. The Morgan fingerprint density at radius 1 is 1.05 bits per heavy atom. The highest BCUT2D eigenvalue weighted by molar-refractivity contribution is 5.80. The van der Waals surface area contributed by atoms with Crippen LogP contribution < -0.4 is 9.47 Å². The lowest BCUT2D eigenvalue weighted by Crippen LogP contribution is -1.97. The van der Waals surface area contributed by atoms with Gasteiger partial charge in [0, 0.05) is 6.07 Å². The minimum absolute atomic E-state index is 0.507. The van der Waals surface area contributed by atoms with Crippen LogP contribution in [0.25, 0.3) is 0 Å². The summed E-state index contributed by atoms with van der Waals surface area (Å²) in [7, 11) is 0. The minimum Gasteiger partial charge on any atom is -0.493 e. The molecule has 3 nitrogen and oxygen atoms in total. The molecule has 3 heteroatoms. The number of rotatable bonds is 6. The van der Waals surface area contributed by atoms with Crippen molar-refractivity contribution in [1.29, 1.82) is 0 Å². The van der Waals surface area contributed by atoms with Gasteiger partial charge in [-0.2, -0.15) is 0 Å². The number of benzene rings is 2. The van der Waals surface area contributed by atoms with Crippen LogP contribution in [0.15, 0.2) is 48.5 Å². The topological polar surface area (TPSA) is 35.5 Å². The van der Waals surface area contributed by atoms with E-state index in [-0.39, 0.29) is 0 Å². The summed E-state index contributed by atoms with van der Waals surface area (Å²) < 4.78 is 11.2. The normalized spacial score (nSPS) is 9.95. The molecule has 0 fully saturated rings. The highest BCUT2D eigenvalue weighted by Crippen LogP contribution is 2.28. The molecule has 0 atom stereocenters. The Kier molecular flexibility index (Phi) is 4.56. The Morgan fingerprint density at radius 2 is 1.84 bits per heavy atom. The second-order valence-corrected chi connectivity index (χ2v) is 4.08. The van der Waals surface area contributed by atoms with E-state index in [0.717, 1.165) is 12.7 Å². The molecule has 0 N–H and O–H groups in total. The molecule has 19 heavy (non-hydrogen) atoms. The number of aldehydes is 1. The second-order valence-electron chi connectivity index (χ2n) is 4.08. The number of carbonyl (C=O) groups is 1. The molecule has 0 spiro atoms. The zero-order valence-electron chi connectivity index (χ0n) is 10.8. The summed E-state index contributed by atoms with van der Waals surface area (Å²) >= 11 is 0. The minimum atomic E-state index is 0.507. The van der Waals surface area contributed by atoms with Gasteiger partial charge >= 0.3 is 0 Å². The first-order valence-electron chi connectivity index (χ1n) is 6.28. The van der Waals surface area contributed by atoms with Gasteiger partial charge in [-0.3, -0.25) is 4.79 Å². The molecule has 0 aliphatic carbocycles. The lowest BCUT2D eigenvalue weighted by molar-refractivity contribution is 0.112. The number of carbonyl (C=O) groups excluding carboxylic acids is 1. The first kappa shape index (κ1) is 13.1. The molecule has 0 aromatic heterocycles. The zero-order valence-corrected chi connectivity index (χ0v) is 10.8. The van der Waals surface area contributed by atoms with E-state index in [9.17, 15) is 4.79 Å². The summed E-state index contributed by atoms with van der Waals surface area (Å²) in [6.07, 6.45) is 1.71. The van der Waals surface area contributed by atoms with E-state index in [4.69, 9.17) is 9.47 Å². The third kappa shape index (κ3) is 3.58. The van der Waals surface area contributed by atoms with E-state index in [1.165, 1.54) is 0 Å². The van der Waals surface area contributed by atoms with Gasteiger partial charge in [-0.15, -0.1) is 0 Å². The van der Waals surface area contributed by atoms with E-state index >= 15 is 0 Å². The third-order valence-electron chi connectivity index (χ3n) is 2.56. The van der Waals surface area contributed by atoms with Gasteiger partial charge < -0.3 is 9.47 Å². The molecule has 2 aromatic rings. The Bertz CT molecular complexity index is 535. The summed E-state index contributed by atoms with van der Waals surface area (Å²) in [5.41, 5.74) is 0.507. The van der Waals surface area contributed by atoms with E-state index in [1.54, 1.807) is 18.2 Å². The summed E-state index contributed by atoms with van der Waals surface area (Å²) in [4.78, 5) is 11.0. The predicted molar refractivity (Wildman–Crippen MR) is 74.1 cm³/mol. The zero-order chi connectivity index (χ0) is 13.5. The predicted octanol–water partition coefficient (Wildman–Crippen LogP) is 4.08. The highest BCUT2D eigenvalue weighted by Gasteiger charge is 2.06. The van der Waals surface area contributed by atoms with Gasteiger partial charge in [-0.1, -0.05) is 25.1 Å². The first-order chi connectivity index (χ1) is 9.33. The first-order valence-corrected chi connectivity index (χ1v) is 6.28. The van der Waals surface area contributed by atoms with Crippen LogP contribution in [0.3, 0.4) is 0 Å². The largest absolute Gasteiger partial charge is 0.493 e. The van der Waals surface area contributed by atoms with Crippen LogP contribution in [0, 0.1) is 0 Å². The molecular weight excluding hydrogens is 240 g/mol. The van der Waals surface area contributed by atoms with E-state index in [1.807, 2.05) is 37.3 Å². The Morgan fingerprint density at radius 3 is 2.53 bits per heavy atom. The smallest absolute Gasteiger partial charge is 0.153 e. The maximum absolute atomic E-state index is 11.0. The highest BCUT2D eigenvalue weighted by atomic mass is 16.5. The molecule has 0 amide bonds. The van der Waals surface area contributed by atoms with Crippen LogP contribution >= 0.6 is 0 Å². The molecule has 0 unspecified atom stereocenters. The standard InChI is InChI=1S/C16H16O3/c1-2-10-18-15-9-8-13(12-17)16(11-15)19-14-6-4-3-5-7-14/h3-9,11-12H,2,10H2,1H3. The van der Waals surface area contributed by atoms with Crippen molar-refractivity contribution in [2.75, 3.05) is 6.61 Å². The van der Waals surface area contributed by atoms with Crippen LogP contribution in [0.5, 0.6) is 17.2 Å². The van der Waals surface area contributed by atoms with Crippen molar-refractivity contribution in [3.05, 3.63) is 54.1 Å². The number of hydrogen-bond acceptors (Lipinski definition) is 3. The van der Waals surface area contributed by atoms with Crippen LogP contribution in [-0.4, -0.2) is 12.9 Å². The fourth-order valence-corrected chi connectivity index (χ4v) is 1.63. The van der Waals surface area contributed by atoms with Crippen molar-refractivity contribution in [3.8, 4) is 17.2 Å². The van der Waals surface area contributed by atoms with Gasteiger partial charge in [0.25, 0.3) is 0 Å². The number of hydrogen-bond donors (Lipinski definition) is 0. The van der Waals surface area contributed by atoms with Crippen molar-refractivity contribution >= 4 is 6.29 Å². The summed E-state index contributed by atoms with van der Waals surface area (Å²) in [5.74, 6) is 1.91. The van der Waals surface area contributed by atoms with Crippen molar-refractivity contribution in [3.63, 3.8) is 0 Å². The van der Waals surface area contributed by atoms with Gasteiger partial charge in [0.2, 0.25) is 0 Å². The lowest BCUT2D eigenvalue weighted by Gasteiger charge is -2.10. The Balaban J connectivity index is 2.23. The van der Waals surface area contributed by atoms with Gasteiger partial charge in [-0.25, -0.2) is 0 Å². The summed E-state index contributed by atoms with van der Waals surface area (Å²) in [6.45, 7) is 2.69. The quantitative estimate of drug-likeness (QED) is 0.730. The van der Waals surface area contributed by atoms with Gasteiger partial charge in [0.05, 0.1) is 12.2 Å². The maximum atomic E-state index is 11.0. The molecule has 2 aromatic carbocycles. The summed E-state index contributed by atoms with van der Waals surface area (Å²) in [5, 5.41) is 0. The Hall–Kier alpha value is -2.29. The summed E-state index contributed by atoms with van der Waals surface area (Å²) in [6, 6.07) is 14.6.